The largest absolute Gasteiger partial charge is 0.208 e. The van der Waals surface area contributed by atoms with Gasteiger partial charge in [-0.15, -0.1) is 0 Å². The quantitative estimate of drug-likeness (QED) is 0.176. The number of aromatic nitrogens is 3. The van der Waals surface area contributed by atoms with Gasteiger partial charge in [-0.1, -0.05) is 176 Å². The van der Waals surface area contributed by atoms with E-state index in [2.05, 4.69) is 158 Å². The van der Waals surface area contributed by atoms with Gasteiger partial charge in [0.2, 0.25) is 0 Å². The van der Waals surface area contributed by atoms with E-state index in [1.807, 2.05) is 36.4 Å². The van der Waals surface area contributed by atoms with Crippen molar-refractivity contribution in [1.82, 2.24) is 15.0 Å². The lowest BCUT2D eigenvalue weighted by Gasteiger charge is -2.13. The lowest BCUT2D eigenvalue weighted by molar-refractivity contribution is 1.06. The van der Waals surface area contributed by atoms with Gasteiger partial charge in [-0.25, -0.2) is 15.0 Å². The molecule has 0 saturated heterocycles. The maximum atomic E-state index is 5.10. The van der Waals surface area contributed by atoms with Crippen molar-refractivity contribution >= 4 is 5.57 Å². The van der Waals surface area contributed by atoms with Crippen molar-refractivity contribution in [2.24, 2.45) is 0 Å². The Hall–Kier alpha value is -6.45. The van der Waals surface area contributed by atoms with Crippen LogP contribution in [0.3, 0.4) is 0 Å². The van der Waals surface area contributed by atoms with Gasteiger partial charge in [-0.3, -0.25) is 0 Å². The van der Waals surface area contributed by atoms with E-state index < -0.39 is 0 Å². The molecule has 7 aromatic rings. The summed E-state index contributed by atoms with van der Waals surface area (Å²) >= 11 is 0. The molecule has 3 heteroatoms. The molecule has 49 heavy (non-hydrogen) atoms. The maximum absolute atomic E-state index is 5.10. The fourth-order valence-electron chi connectivity index (χ4n) is 6.26. The molecule has 1 atom stereocenters. The molecule has 8 rings (SSSR count). The number of hydrogen-bond acceptors (Lipinski definition) is 3. The van der Waals surface area contributed by atoms with Crippen molar-refractivity contribution in [3.8, 4) is 56.4 Å². The average molecular weight is 628 g/mol. The average Bonchev–Trinajstić information content (AvgIpc) is 3.46. The van der Waals surface area contributed by atoms with Crippen LogP contribution in [0.1, 0.15) is 17.0 Å². The normalized spacial score (nSPS) is 13.9. The minimum absolute atomic E-state index is 0.100. The van der Waals surface area contributed by atoms with Gasteiger partial charge in [0.15, 0.2) is 17.5 Å². The van der Waals surface area contributed by atoms with Crippen LogP contribution < -0.4 is 0 Å². The van der Waals surface area contributed by atoms with Gasteiger partial charge in [-0.2, -0.15) is 0 Å². The fraction of sp³-hybridized carbons (Fsp3) is 0.0217. The van der Waals surface area contributed by atoms with E-state index in [0.717, 1.165) is 27.8 Å². The van der Waals surface area contributed by atoms with Crippen molar-refractivity contribution in [2.45, 2.75) is 5.92 Å². The molecule has 1 heterocycles. The Balaban J connectivity index is 1.19. The van der Waals surface area contributed by atoms with Gasteiger partial charge in [-0.05, 0) is 57.2 Å². The van der Waals surface area contributed by atoms with Crippen LogP contribution in [0.4, 0.5) is 0 Å². The molecule has 0 spiro atoms. The molecular formula is C46H33N3. The summed E-state index contributed by atoms with van der Waals surface area (Å²) < 4.78 is 0. The molecule has 1 unspecified atom stereocenters. The van der Waals surface area contributed by atoms with E-state index in [0.29, 0.717) is 17.5 Å². The van der Waals surface area contributed by atoms with Crippen LogP contribution in [0.25, 0.3) is 62.0 Å². The van der Waals surface area contributed by atoms with Gasteiger partial charge in [0.1, 0.15) is 0 Å². The highest BCUT2D eigenvalue weighted by Crippen LogP contribution is 2.33. The van der Waals surface area contributed by atoms with E-state index in [4.69, 9.17) is 15.0 Å². The number of rotatable bonds is 7. The summed E-state index contributed by atoms with van der Waals surface area (Å²) in [6, 6.07) is 56.8. The topological polar surface area (TPSA) is 38.7 Å². The molecule has 0 saturated carbocycles. The smallest absolute Gasteiger partial charge is 0.164 e. The zero-order chi connectivity index (χ0) is 32.8. The van der Waals surface area contributed by atoms with Gasteiger partial charge in [0, 0.05) is 22.6 Å². The first-order valence-corrected chi connectivity index (χ1v) is 16.6. The first-order valence-electron chi connectivity index (χ1n) is 16.6. The Bertz CT molecular complexity index is 2320. The second-order valence-electron chi connectivity index (χ2n) is 12.1. The first-order chi connectivity index (χ1) is 24.3. The highest BCUT2D eigenvalue weighted by atomic mass is 15.0. The lowest BCUT2D eigenvalue weighted by Crippen LogP contribution is -2.01. The second kappa shape index (κ2) is 13.7. The first kappa shape index (κ1) is 29.9. The van der Waals surface area contributed by atoms with Crippen LogP contribution in [0.15, 0.2) is 194 Å². The van der Waals surface area contributed by atoms with Crippen LogP contribution in [-0.4, -0.2) is 15.0 Å². The monoisotopic (exact) mass is 627 g/mol. The predicted molar refractivity (Wildman–Crippen MR) is 202 cm³/mol. The number of nitrogens with zero attached hydrogens (tertiary/aromatic N) is 3. The molecule has 0 bridgehead atoms. The molecule has 0 amide bonds. The van der Waals surface area contributed by atoms with Crippen molar-refractivity contribution in [3.63, 3.8) is 0 Å². The third-order valence-corrected chi connectivity index (χ3v) is 8.79. The molecule has 1 aromatic heterocycles. The Kier molecular flexibility index (Phi) is 8.38. The summed E-state index contributed by atoms with van der Waals surface area (Å²) in [5.41, 5.74) is 11.0. The molecule has 1 aliphatic rings. The minimum Gasteiger partial charge on any atom is -0.208 e. The molecule has 3 nitrogen and oxygen atoms in total. The lowest BCUT2D eigenvalue weighted by atomic mass is 9.93. The summed E-state index contributed by atoms with van der Waals surface area (Å²) in [6.07, 6.45) is 11.0. The van der Waals surface area contributed by atoms with Crippen molar-refractivity contribution < 1.29 is 0 Å². The van der Waals surface area contributed by atoms with Crippen LogP contribution >= 0.6 is 0 Å². The summed E-state index contributed by atoms with van der Waals surface area (Å²) in [7, 11) is 0. The van der Waals surface area contributed by atoms with Gasteiger partial charge in [0.25, 0.3) is 0 Å². The molecule has 0 radical (unpaired) electrons. The third-order valence-electron chi connectivity index (χ3n) is 8.79. The molecule has 6 aromatic carbocycles. The number of allylic oxidation sites excluding steroid dienone is 6. The zero-order valence-corrected chi connectivity index (χ0v) is 26.9. The van der Waals surface area contributed by atoms with Crippen LogP contribution in [0.2, 0.25) is 0 Å². The Morgan fingerprint density at radius 2 is 0.796 bits per heavy atom. The van der Waals surface area contributed by atoms with Crippen LogP contribution in [0.5, 0.6) is 0 Å². The van der Waals surface area contributed by atoms with E-state index >= 15 is 0 Å². The predicted octanol–water partition coefficient (Wildman–Crippen LogP) is 11.5. The standard InChI is InChI=1S/C46H33N3/c1-4-15-33(16-5-1)36-21-10-11-22-38(29-36)40-25-13-27-42(31-40)45-47-44(35-19-8-3-9-20-35)48-46(49-45)43-28-14-26-41(32-43)39-24-12-23-37(30-39)34-17-6-2-7-18-34/h1-32,38H. The van der Waals surface area contributed by atoms with Gasteiger partial charge < -0.3 is 0 Å². The molecular weight excluding hydrogens is 595 g/mol. The molecule has 232 valence electrons. The summed E-state index contributed by atoms with van der Waals surface area (Å²) in [6.45, 7) is 0. The SMILES string of the molecule is C1=CC(c2ccccc2)=CC(c2cccc(-c3nc(-c4ccccc4)nc(-c4cccc(-c5cccc(-c6ccccc6)c5)c4)n3)c2)C=C1. The van der Waals surface area contributed by atoms with E-state index in [1.165, 1.54) is 27.8 Å². The summed E-state index contributed by atoms with van der Waals surface area (Å²) in [4.78, 5) is 15.1. The Labute approximate surface area is 287 Å². The molecule has 1 aliphatic carbocycles. The summed E-state index contributed by atoms with van der Waals surface area (Å²) in [5, 5.41) is 0. The minimum atomic E-state index is 0.100. The highest BCUT2D eigenvalue weighted by Gasteiger charge is 2.16. The molecule has 0 fully saturated rings. The third kappa shape index (κ3) is 6.69. The van der Waals surface area contributed by atoms with Crippen molar-refractivity contribution in [1.29, 1.82) is 0 Å². The van der Waals surface area contributed by atoms with Gasteiger partial charge >= 0.3 is 0 Å². The molecule has 0 aliphatic heterocycles. The maximum Gasteiger partial charge on any atom is 0.164 e. The molecule has 0 N–H and O–H groups in total. The van der Waals surface area contributed by atoms with Gasteiger partial charge in [0.05, 0.1) is 0 Å². The van der Waals surface area contributed by atoms with E-state index in [1.54, 1.807) is 0 Å². The van der Waals surface area contributed by atoms with Crippen LogP contribution in [-0.2, 0) is 0 Å². The number of benzene rings is 6. The van der Waals surface area contributed by atoms with Crippen molar-refractivity contribution in [2.75, 3.05) is 0 Å². The van der Waals surface area contributed by atoms with E-state index in [9.17, 15) is 0 Å². The fourth-order valence-corrected chi connectivity index (χ4v) is 6.26. The summed E-state index contributed by atoms with van der Waals surface area (Å²) in [5.74, 6) is 2.03. The highest BCUT2D eigenvalue weighted by molar-refractivity contribution is 5.78. The number of hydrogen-bond donors (Lipinski definition) is 0. The van der Waals surface area contributed by atoms with Crippen molar-refractivity contribution in [3.05, 3.63) is 205 Å². The Morgan fingerprint density at radius 1 is 0.347 bits per heavy atom. The Morgan fingerprint density at radius 3 is 1.43 bits per heavy atom. The second-order valence-corrected chi connectivity index (χ2v) is 12.1. The zero-order valence-electron chi connectivity index (χ0n) is 26.9. The van der Waals surface area contributed by atoms with E-state index in [-0.39, 0.29) is 5.92 Å². The van der Waals surface area contributed by atoms with Crippen LogP contribution in [0, 0.1) is 0 Å².